The number of hydrogen-bond donors (Lipinski definition) is 1. The lowest BCUT2D eigenvalue weighted by Gasteiger charge is -2.36. The van der Waals surface area contributed by atoms with Gasteiger partial charge >= 0.3 is 0 Å². The highest BCUT2D eigenvalue weighted by molar-refractivity contribution is 5.78. The molecule has 0 aromatic heterocycles. The Labute approximate surface area is 118 Å². The summed E-state index contributed by atoms with van der Waals surface area (Å²) in [7, 11) is 0. The number of amides is 1. The second-order valence-electron chi connectivity index (χ2n) is 6.31. The fourth-order valence-electron chi connectivity index (χ4n) is 2.28. The van der Waals surface area contributed by atoms with E-state index in [0.717, 1.165) is 39.3 Å². The van der Waals surface area contributed by atoms with Crippen molar-refractivity contribution >= 4 is 5.91 Å². The van der Waals surface area contributed by atoms with Gasteiger partial charge in [0.2, 0.25) is 5.91 Å². The lowest BCUT2D eigenvalue weighted by Crippen LogP contribution is -2.51. The predicted molar refractivity (Wildman–Crippen MR) is 80.2 cm³/mol. The molecule has 1 heterocycles. The van der Waals surface area contributed by atoms with E-state index in [1.165, 1.54) is 0 Å². The van der Waals surface area contributed by atoms with E-state index in [0.29, 0.717) is 17.9 Å². The lowest BCUT2D eigenvalue weighted by molar-refractivity contribution is -0.138. The third-order valence-electron chi connectivity index (χ3n) is 4.05. The Morgan fingerprint density at radius 2 is 1.63 bits per heavy atom. The highest BCUT2D eigenvalue weighted by Crippen LogP contribution is 2.14. The SMILES string of the molecule is CC(C)NCCN1CCN(C(=O)[C@@H](C)C(C)C)CC1. The minimum absolute atomic E-state index is 0.147. The second-order valence-corrected chi connectivity index (χ2v) is 6.31. The van der Waals surface area contributed by atoms with Crippen LogP contribution in [0.1, 0.15) is 34.6 Å². The number of carbonyl (C=O) groups excluding carboxylic acids is 1. The first-order valence-corrected chi connectivity index (χ1v) is 7.66. The molecule has 1 N–H and O–H groups in total. The minimum Gasteiger partial charge on any atom is -0.340 e. The van der Waals surface area contributed by atoms with E-state index in [1.807, 2.05) is 11.8 Å². The van der Waals surface area contributed by atoms with Crippen LogP contribution >= 0.6 is 0 Å². The number of piperazine rings is 1. The molecule has 0 saturated carbocycles. The topological polar surface area (TPSA) is 35.6 Å². The molecular formula is C15H31N3O. The summed E-state index contributed by atoms with van der Waals surface area (Å²) in [5.41, 5.74) is 0. The Morgan fingerprint density at radius 1 is 1.05 bits per heavy atom. The van der Waals surface area contributed by atoms with Crippen molar-refractivity contribution in [1.29, 1.82) is 0 Å². The van der Waals surface area contributed by atoms with Gasteiger partial charge in [-0.3, -0.25) is 9.69 Å². The minimum atomic E-state index is 0.147. The van der Waals surface area contributed by atoms with Crippen LogP contribution in [0.2, 0.25) is 0 Å². The number of hydrogen-bond acceptors (Lipinski definition) is 3. The van der Waals surface area contributed by atoms with Crippen molar-refractivity contribution in [2.75, 3.05) is 39.3 Å². The fourth-order valence-corrected chi connectivity index (χ4v) is 2.28. The number of nitrogens with one attached hydrogen (secondary N) is 1. The van der Waals surface area contributed by atoms with Gasteiger partial charge in [0.25, 0.3) is 0 Å². The molecule has 0 spiro atoms. The van der Waals surface area contributed by atoms with Crippen molar-refractivity contribution in [1.82, 2.24) is 15.1 Å². The molecule has 1 amide bonds. The van der Waals surface area contributed by atoms with Crippen LogP contribution in [0.3, 0.4) is 0 Å². The molecule has 0 aromatic carbocycles. The van der Waals surface area contributed by atoms with Crippen LogP contribution in [-0.4, -0.2) is 61.0 Å². The molecular weight excluding hydrogens is 238 g/mol. The molecule has 19 heavy (non-hydrogen) atoms. The van der Waals surface area contributed by atoms with Crippen LogP contribution in [0.4, 0.5) is 0 Å². The molecule has 0 bridgehead atoms. The average molecular weight is 269 g/mol. The fraction of sp³-hybridized carbons (Fsp3) is 0.933. The van der Waals surface area contributed by atoms with Crippen LogP contribution < -0.4 is 5.32 Å². The number of carbonyl (C=O) groups is 1. The molecule has 0 aromatic rings. The van der Waals surface area contributed by atoms with Gasteiger partial charge in [-0.2, -0.15) is 0 Å². The molecule has 1 atom stereocenters. The summed E-state index contributed by atoms with van der Waals surface area (Å²) < 4.78 is 0. The Balaban J connectivity index is 2.27. The summed E-state index contributed by atoms with van der Waals surface area (Å²) in [6.45, 7) is 16.5. The third-order valence-corrected chi connectivity index (χ3v) is 4.05. The quantitative estimate of drug-likeness (QED) is 0.792. The van der Waals surface area contributed by atoms with Gasteiger partial charge in [-0.25, -0.2) is 0 Å². The van der Waals surface area contributed by atoms with Crippen LogP contribution in [0.15, 0.2) is 0 Å². The van der Waals surface area contributed by atoms with Crippen molar-refractivity contribution < 1.29 is 4.79 Å². The lowest BCUT2D eigenvalue weighted by atomic mass is 9.96. The van der Waals surface area contributed by atoms with E-state index in [2.05, 4.69) is 37.9 Å². The Kier molecular flexibility index (Phi) is 6.80. The summed E-state index contributed by atoms with van der Waals surface area (Å²) in [6.07, 6.45) is 0. The largest absolute Gasteiger partial charge is 0.340 e. The molecule has 112 valence electrons. The summed E-state index contributed by atoms with van der Waals surface area (Å²) >= 11 is 0. The molecule has 1 aliphatic rings. The van der Waals surface area contributed by atoms with Gasteiger partial charge < -0.3 is 10.2 Å². The van der Waals surface area contributed by atoms with Crippen LogP contribution in [0.5, 0.6) is 0 Å². The predicted octanol–water partition coefficient (Wildman–Crippen LogP) is 1.42. The van der Waals surface area contributed by atoms with Gasteiger partial charge in [0.1, 0.15) is 0 Å². The third kappa shape index (κ3) is 5.49. The molecule has 0 aliphatic carbocycles. The molecule has 1 saturated heterocycles. The monoisotopic (exact) mass is 269 g/mol. The van der Waals surface area contributed by atoms with Gasteiger partial charge in [0, 0.05) is 51.2 Å². The maximum Gasteiger partial charge on any atom is 0.225 e. The first-order valence-electron chi connectivity index (χ1n) is 7.66. The maximum absolute atomic E-state index is 12.2. The molecule has 4 nitrogen and oxygen atoms in total. The van der Waals surface area contributed by atoms with E-state index in [1.54, 1.807) is 0 Å². The zero-order chi connectivity index (χ0) is 14.4. The average Bonchev–Trinajstić information content (AvgIpc) is 2.37. The van der Waals surface area contributed by atoms with Crippen molar-refractivity contribution in [3.63, 3.8) is 0 Å². The molecule has 1 rings (SSSR count). The highest BCUT2D eigenvalue weighted by Gasteiger charge is 2.26. The van der Waals surface area contributed by atoms with Gasteiger partial charge in [0.05, 0.1) is 0 Å². The Bertz CT molecular complexity index is 271. The van der Waals surface area contributed by atoms with E-state index in [4.69, 9.17) is 0 Å². The van der Waals surface area contributed by atoms with Crippen molar-refractivity contribution in [2.24, 2.45) is 11.8 Å². The van der Waals surface area contributed by atoms with Gasteiger partial charge in [-0.05, 0) is 5.92 Å². The Hall–Kier alpha value is -0.610. The van der Waals surface area contributed by atoms with Crippen LogP contribution in [0, 0.1) is 11.8 Å². The van der Waals surface area contributed by atoms with Crippen molar-refractivity contribution in [2.45, 2.75) is 40.7 Å². The van der Waals surface area contributed by atoms with Gasteiger partial charge in [-0.15, -0.1) is 0 Å². The standard InChI is InChI=1S/C15H31N3O/c1-12(2)14(5)15(19)18-10-8-17(9-11-18)7-6-16-13(3)4/h12-14,16H,6-11H2,1-5H3/t14-/m0/s1. The Morgan fingerprint density at radius 3 is 2.11 bits per heavy atom. The molecule has 1 fully saturated rings. The summed E-state index contributed by atoms with van der Waals surface area (Å²) in [6, 6.07) is 0.551. The zero-order valence-electron chi connectivity index (χ0n) is 13.3. The molecule has 1 aliphatic heterocycles. The van der Waals surface area contributed by atoms with Crippen LogP contribution in [0.25, 0.3) is 0 Å². The molecule has 4 heteroatoms. The van der Waals surface area contributed by atoms with Gasteiger partial charge in [0.15, 0.2) is 0 Å². The van der Waals surface area contributed by atoms with E-state index in [9.17, 15) is 4.79 Å². The van der Waals surface area contributed by atoms with Crippen molar-refractivity contribution in [3.05, 3.63) is 0 Å². The summed E-state index contributed by atoms with van der Waals surface area (Å²) in [5, 5.41) is 3.44. The van der Waals surface area contributed by atoms with Crippen LogP contribution in [-0.2, 0) is 4.79 Å². The normalized spacial score (nSPS) is 19.2. The van der Waals surface area contributed by atoms with E-state index >= 15 is 0 Å². The van der Waals surface area contributed by atoms with Crippen molar-refractivity contribution in [3.8, 4) is 0 Å². The maximum atomic E-state index is 12.2. The zero-order valence-corrected chi connectivity index (χ0v) is 13.3. The first-order chi connectivity index (χ1) is 8.91. The molecule has 0 unspecified atom stereocenters. The number of nitrogens with zero attached hydrogens (tertiary/aromatic N) is 2. The van der Waals surface area contributed by atoms with Gasteiger partial charge in [-0.1, -0.05) is 34.6 Å². The second kappa shape index (κ2) is 7.85. The van der Waals surface area contributed by atoms with E-state index in [-0.39, 0.29) is 5.92 Å². The van der Waals surface area contributed by atoms with E-state index < -0.39 is 0 Å². The highest BCUT2D eigenvalue weighted by atomic mass is 16.2. The number of rotatable bonds is 6. The summed E-state index contributed by atoms with van der Waals surface area (Å²) in [5.74, 6) is 0.907. The summed E-state index contributed by atoms with van der Waals surface area (Å²) in [4.78, 5) is 16.7. The molecule has 0 radical (unpaired) electrons. The first kappa shape index (κ1) is 16.4. The smallest absolute Gasteiger partial charge is 0.225 e.